The van der Waals surface area contributed by atoms with Crippen molar-refractivity contribution >= 4 is 23.1 Å². The maximum Gasteiger partial charge on any atom is 0.147 e. The number of anilines is 2. The molecule has 88 valence electrons. The average Bonchev–Trinajstić information content (AvgIpc) is 2.66. The lowest BCUT2D eigenvalue weighted by molar-refractivity contribution is 0.136. The van der Waals surface area contributed by atoms with E-state index < -0.39 is 0 Å². The van der Waals surface area contributed by atoms with Crippen molar-refractivity contribution in [1.29, 1.82) is 0 Å². The van der Waals surface area contributed by atoms with Crippen LogP contribution in [0.1, 0.15) is 13.3 Å². The molecule has 1 saturated heterocycles. The van der Waals surface area contributed by atoms with Gasteiger partial charge in [0.05, 0.1) is 23.0 Å². The van der Waals surface area contributed by atoms with Gasteiger partial charge in [0.15, 0.2) is 0 Å². The topological polar surface area (TPSA) is 62.4 Å². The van der Waals surface area contributed by atoms with Crippen molar-refractivity contribution < 1.29 is 5.11 Å². The predicted molar refractivity (Wildman–Crippen MR) is 65.7 cm³/mol. The van der Waals surface area contributed by atoms with Crippen molar-refractivity contribution in [3.05, 3.63) is 17.3 Å². The van der Waals surface area contributed by atoms with E-state index in [-0.39, 0.29) is 6.10 Å². The van der Waals surface area contributed by atoms with E-state index in [0.717, 1.165) is 25.3 Å². The summed E-state index contributed by atoms with van der Waals surface area (Å²) in [5, 5.41) is 10.1. The summed E-state index contributed by atoms with van der Waals surface area (Å²) in [7, 11) is 0. The smallest absolute Gasteiger partial charge is 0.147 e. The normalized spacial score (nSPS) is 22.4. The van der Waals surface area contributed by atoms with Crippen molar-refractivity contribution in [2.24, 2.45) is 5.92 Å². The number of aliphatic hydroxyl groups is 1. The van der Waals surface area contributed by atoms with Crippen LogP contribution >= 0.6 is 11.6 Å². The van der Waals surface area contributed by atoms with Crippen LogP contribution in [0.15, 0.2) is 12.3 Å². The lowest BCUT2D eigenvalue weighted by atomic mass is 10.0. The maximum absolute atomic E-state index is 9.53. The molecule has 2 atom stereocenters. The van der Waals surface area contributed by atoms with Crippen LogP contribution in [0.3, 0.4) is 0 Å². The van der Waals surface area contributed by atoms with Gasteiger partial charge in [-0.25, -0.2) is 4.98 Å². The summed E-state index contributed by atoms with van der Waals surface area (Å²) in [4.78, 5) is 6.34. The standard InChI is InChI=1S/C11H16ClN3O/c1-7(16)8-2-3-15(6-8)11-10(12)4-9(13)5-14-11/h4-5,7-8,16H,2-3,6,13H2,1H3. The summed E-state index contributed by atoms with van der Waals surface area (Å²) >= 11 is 6.09. The zero-order valence-electron chi connectivity index (χ0n) is 9.23. The third-order valence-corrected chi connectivity index (χ3v) is 3.33. The summed E-state index contributed by atoms with van der Waals surface area (Å²) < 4.78 is 0. The van der Waals surface area contributed by atoms with Gasteiger partial charge in [0.1, 0.15) is 5.82 Å². The van der Waals surface area contributed by atoms with Crippen LogP contribution in [-0.4, -0.2) is 29.3 Å². The number of hydrogen-bond donors (Lipinski definition) is 2. The van der Waals surface area contributed by atoms with Gasteiger partial charge in [0.25, 0.3) is 0 Å². The highest BCUT2D eigenvalue weighted by atomic mass is 35.5. The molecule has 0 spiro atoms. The Bertz CT molecular complexity index is 383. The molecule has 2 unspecified atom stereocenters. The Hall–Kier alpha value is -1.00. The third kappa shape index (κ3) is 2.23. The van der Waals surface area contributed by atoms with Crippen LogP contribution in [0.5, 0.6) is 0 Å². The molecule has 16 heavy (non-hydrogen) atoms. The van der Waals surface area contributed by atoms with Crippen LogP contribution in [0.25, 0.3) is 0 Å². The van der Waals surface area contributed by atoms with Gasteiger partial charge in [0, 0.05) is 19.0 Å². The number of nitrogens with two attached hydrogens (primary N) is 1. The van der Waals surface area contributed by atoms with Gasteiger partial charge in [-0.1, -0.05) is 11.6 Å². The fourth-order valence-electron chi connectivity index (χ4n) is 2.05. The van der Waals surface area contributed by atoms with Gasteiger partial charge in [-0.05, 0) is 19.4 Å². The summed E-state index contributed by atoms with van der Waals surface area (Å²) in [5.41, 5.74) is 6.17. The fraction of sp³-hybridized carbons (Fsp3) is 0.545. The molecule has 0 radical (unpaired) electrons. The number of pyridine rings is 1. The third-order valence-electron chi connectivity index (χ3n) is 3.05. The zero-order valence-corrected chi connectivity index (χ0v) is 9.98. The van der Waals surface area contributed by atoms with E-state index in [9.17, 15) is 5.11 Å². The molecule has 0 aromatic carbocycles. The van der Waals surface area contributed by atoms with Crippen molar-refractivity contribution in [2.45, 2.75) is 19.4 Å². The Labute approximate surface area is 100 Å². The highest BCUT2D eigenvalue weighted by Crippen LogP contribution is 2.30. The first-order valence-electron chi connectivity index (χ1n) is 5.42. The Morgan fingerprint density at radius 1 is 1.69 bits per heavy atom. The van der Waals surface area contributed by atoms with E-state index in [2.05, 4.69) is 9.88 Å². The number of nitrogens with zero attached hydrogens (tertiary/aromatic N) is 2. The van der Waals surface area contributed by atoms with Crippen molar-refractivity contribution in [3.63, 3.8) is 0 Å². The van der Waals surface area contributed by atoms with Gasteiger partial charge in [-0.15, -0.1) is 0 Å². The van der Waals surface area contributed by atoms with Gasteiger partial charge >= 0.3 is 0 Å². The molecule has 0 amide bonds. The Kier molecular flexibility index (Phi) is 3.21. The van der Waals surface area contributed by atoms with E-state index in [0.29, 0.717) is 16.6 Å². The summed E-state index contributed by atoms with van der Waals surface area (Å²) in [5.74, 6) is 1.06. The van der Waals surface area contributed by atoms with Crippen molar-refractivity contribution in [3.8, 4) is 0 Å². The van der Waals surface area contributed by atoms with E-state index in [1.54, 1.807) is 12.3 Å². The fourth-order valence-corrected chi connectivity index (χ4v) is 2.35. The second-order valence-corrected chi connectivity index (χ2v) is 4.72. The molecule has 2 rings (SSSR count). The lowest BCUT2D eigenvalue weighted by Gasteiger charge is -2.19. The molecule has 1 aliphatic rings. The Morgan fingerprint density at radius 3 is 3.00 bits per heavy atom. The molecule has 5 heteroatoms. The van der Waals surface area contributed by atoms with E-state index in [4.69, 9.17) is 17.3 Å². The lowest BCUT2D eigenvalue weighted by Crippen LogP contribution is -2.24. The molecule has 1 aliphatic heterocycles. The summed E-state index contributed by atoms with van der Waals surface area (Å²) in [6.07, 6.45) is 2.30. The second kappa shape index (κ2) is 4.47. The first-order valence-corrected chi connectivity index (χ1v) is 5.79. The number of halogens is 1. The molecule has 0 aliphatic carbocycles. The predicted octanol–water partition coefficient (Wildman–Crippen LogP) is 1.52. The quantitative estimate of drug-likeness (QED) is 0.824. The van der Waals surface area contributed by atoms with Crippen LogP contribution in [0.4, 0.5) is 11.5 Å². The molecule has 2 heterocycles. The summed E-state index contributed by atoms with van der Waals surface area (Å²) in [6.45, 7) is 3.51. The molecule has 3 N–H and O–H groups in total. The van der Waals surface area contributed by atoms with Crippen LogP contribution in [-0.2, 0) is 0 Å². The van der Waals surface area contributed by atoms with E-state index in [1.165, 1.54) is 0 Å². The van der Waals surface area contributed by atoms with Crippen molar-refractivity contribution in [1.82, 2.24) is 4.98 Å². The van der Waals surface area contributed by atoms with E-state index in [1.807, 2.05) is 6.92 Å². The highest BCUT2D eigenvalue weighted by Gasteiger charge is 2.27. The van der Waals surface area contributed by atoms with Gasteiger partial charge < -0.3 is 15.7 Å². The molecular formula is C11H16ClN3O. The molecule has 0 bridgehead atoms. The maximum atomic E-state index is 9.53. The molecule has 1 aromatic heterocycles. The molecule has 4 nitrogen and oxygen atoms in total. The molecule has 1 aromatic rings. The first kappa shape index (κ1) is 11.5. The largest absolute Gasteiger partial charge is 0.397 e. The number of aromatic nitrogens is 1. The van der Waals surface area contributed by atoms with Gasteiger partial charge in [-0.3, -0.25) is 0 Å². The molecule has 0 saturated carbocycles. The number of hydrogen-bond acceptors (Lipinski definition) is 4. The minimum atomic E-state index is -0.280. The average molecular weight is 242 g/mol. The first-order chi connectivity index (χ1) is 7.58. The minimum absolute atomic E-state index is 0.280. The number of nitrogen functional groups attached to an aromatic ring is 1. The Balaban J connectivity index is 2.14. The minimum Gasteiger partial charge on any atom is -0.397 e. The van der Waals surface area contributed by atoms with Gasteiger partial charge in [0.2, 0.25) is 0 Å². The summed E-state index contributed by atoms with van der Waals surface area (Å²) in [6, 6.07) is 1.71. The second-order valence-electron chi connectivity index (χ2n) is 4.31. The number of aliphatic hydroxyl groups excluding tert-OH is 1. The van der Waals surface area contributed by atoms with Crippen molar-refractivity contribution in [2.75, 3.05) is 23.7 Å². The van der Waals surface area contributed by atoms with E-state index >= 15 is 0 Å². The monoisotopic (exact) mass is 241 g/mol. The van der Waals surface area contributed by atoms with Crippen LogP contribution < -0.4 is 10.6 Å². The van der Waals surface area contributed by atoms with Crippen LogP contribution in [0.2, 0.25) is 5.02 Å². The SMILES string of the molecule is CC(O)C1CCN(c2ncc(N)cc2Cl)C1. The number of rotatable bonds is 2. The zero-order chi connectivity index (χ0) is 11.7. The molecule has 1 fully saturated rings. The molecular weight excluding hydrogens is 226 g/mol. The highest BCUT2D eigenvalue weighted by molar-refractivity contribution is 6.33. The van der Waals surface area contributed by atoms with Gasteiger partial charge in [-0.2, -0.15) is 0 Å². The van der Waals surface area contributed by atoms with Crippen LogP contribution in [0, 0.1) is 5.92 Å². The Morgan fingerprint density at radius 2 is 2.44 bits per heavy atom.